The van der Waals surface area contributed by atoms with E-state index in [4.69, 9.17) is 4.74 Å². The summed E-state index contributed by atoms with van der Waals surface area (Å²) in [5.41, 5.74) is 4.07. The Balaban J connectivity index is 0.00000341. The number of halogens is 2. The number of benzene rings is 1. The van der Waals surface area contributed by atoms with Crippen LogP contribution < -0.4 is 15.4 Å². The van der Waals surface area contributed by atoms with Crippen molar-refractivity contribution in [3.63, 3.8) is 0 Å². The summed E-state index contributed by atoms with van der Waals surface area (Å²) in [7, 11) is 1.94. The first-order chi connectivity index (χ1) is 14.5. The molecule has 0 aliphatic heterocycles. The van der Waals surface area contributed by atoms with Crippen molar-refractivity contribution >= 4 is 29.9 Å². The summed E-state index contributed by atoms with van der Waals surface area (Å²) in [6, 6.07) is 9.70. The van der Waals surface area contributed by atoms with Crippen LogP contribution in [-0.4, -0.2) is 27.3 Å². The number of hydrogen-bond donors (Lipinski definition) is 2. The topological polar surface area (TPSA) is 76.4 Å². The fourth-order valence-corrected chi connectivity index (χ4v) is 3.03. The van der Waals surface area contributed by atoms with Crippen molar-refractivity contribution in [3.8, 4) is 11.6 Å². The van der Waals surface area contributed by atoms with E-state index < -0.39 is 0 Å². The summed E-state index contributed by atoms with van der Waals surface area (Å²) in [6.45, 7) is 7.78. The molecule has 0 saturated carbocycles. The SMILES string of the molecule is CCNC(=NCc1cccnc1Oc1cccc(F)c1)NCc1c(C)nn(C)c1C.I. The molecule has 0 aliphatic carbocycles. The van der Waals surface area contributed by atoms with Crippen molar-refractivity contribution in [3.05, 3.63) is 70.9 Å². The highest BCUT2D eigenvalue weighted by molar-refractivity contribution is 14.0. The number of aryl methyl sites for hydroxylation is 2. The van der Waals surface area contributed by atoms with Gasteiger partial charge in [0, 0.05) is 49.2 Å². The molecule has 2 aromatic heterocycles. The van der Waals surface area contributed by atoms with Crippen LogP contribution in [0.15, 0.2) is 47.6 Å². The Kier molecular flexibility index (Phi) is 9.22. The predicted octanol–water partition coefficient (Wildman–Crippen LogP) is 4.24. The Morgan fingerprint density at radius 1 is 1.19 bits per heavy atom. The van der Waals surface area contributed by atoms with Gasteiger partial charge in [-0.1, -0.05) is 12.1 Å². The third-order valence-corrected chi connectivity index (χ3v) is 4.70. The second-order valence-corrected chi connectivity index (χ2v) is 6.85. The first-order valence-electron chi connectivity index (χ1n) is 9.86. The van der Waals surface area contributed by atoms with Crippen LogP contribution >= 0.6 is 24.0 Å². The van der Waals surface area contributed by atoms with Crippen LogP contribution in [0.4, 0.5) is 4.39 Å². The number of nitrogens with zero attached hydrogens (tertiary/aromatic N) is 4. The van der Waals surface area contributed by atoms with E-state index in [1.54, 1.807) is 18.3 Å². The van der Waals surface area contributed by atoms with E-state index in [1.807, 2.05) is 44.6 Å². The molecule has 0 radical (unpaired) electrons. The van der Waals surface area contributed by atoms with Crippen molar-refractivity contribution in [2.75, 3.05) is 6.54 Å². The zero-order valence-electron chi connectivity index (χ0n) is 18.1. The molecule has 7 nitrogen and oxygen atoms in total. The molecule has 0 unspecified atom stereocenters. The molecule has 0 spiro atoms. The fraction of sp³-hybridized carbons (Fsp3) is 0.318. The second-order valence-electron chi connectivity index (χ2n) is 6.85. The molecule has 0 fully saturated rings. The van der Waals surface area contributed by atoms with Gasteiger partial charge >= 0.3 is 0 Å². The smallest absolute Gasteiger partial charge is 0.224 e. The van der Waals surface area contributed by atoms with Gasteiger partial charge < -0.3 is 15.4 Å². The summed E-state index contributed by atoms with van der Waals surface area (Å²) < 4.78 is 21.1. The van der Waals surface area contributed by atoms with Crippen LogP contribution in [0.1, 0.15) is 29.4 Å². The van der Waals surface area contributed by atoms with E-state index in [9.17, 15) is 4.39 Å². The van der Waals surface area contributed by atoms with Crippen LogP contribution in [0.5, 0.6) is 11.6 Å². The van der Waals surface area contributed by atoms with Crippen molar-refractivity contribution < 1.29 is 9.13 Å². The maximum Gasteiger partial charge on any atom is 0.224 e. The van der Waals surface area contributed by atoms with Crippen LogP contribution in [0.3, 0.4) is 0 Å². The maximum absolute atomic E-state index is 13.4. The van der Waals surface area contributed by atoms with Crippen LogP contribution in [0.2, 0.25) is 0 Å². The van der Waals surface area contributed by atoms with Crippen molar-refractivity contribution in [1.82, 2.24) is 25.4 Å². The van der Waals surface area contributed by atoms with Gasteiger partial charge in [0.2, 0.25) is 5.88 Å². The monoisotopic (exact) mass is 538 g/mol. The molecule has 2 N–H and O–H groups in total. The third kappa shape index (κ3) is 6.65. The molecular weight excluding hydrogens is 510 g/mol. The largest absolute Gasteiger partial charge is 0.439 e. The lowest BCUT2D eigenvalue weighted by atomic mass is 10.2. The van der Waals surface area contributed by atoms with Gasteiger partial charge in [-0.25, -0.2) is 14.4 Å². The van der Waals surface area contributed by atoms with Crippen molar-refractivity contribution in [1.29, 1.82) is 0 Å². The van der Waals surface area contributed by atoms with Gasteiger partial charge in [0.25, 0.3) is 0 Å². The Morgan fingerprint density at radius 2 is 2.00 bits per heavy atom. The number of aliphatic imine (C=N–C) groups is 1. The van der Waals surface area contributed by atoms with E-state index in [-0.39, 0.29) is 29.8 Å². The van der Waals surface area contributed by atoms with Crippen LogP contribution in [0, 0.1) is 19.7 Å². The zero-order valence-corrected chi connectivity index (χ0v) is 20.5. The second kappa shape index (κ2) is 11.6. The average Bonchev–Trinajstić information content (AvgIpc) is 2.96. The summed E-state index contributed by atoms with van der Waals surface area (Å²) >= 11 is 0. The number of nitrogens with one attached hydrogen (secondary N) is 2. The molecule has 31 heavy (non-hydrogen) atoms. The van der Waals surface area contributed by atoms with Gasteiger partial charge in [0.1, 0.15) is 11.6 Å². The number of ether oxygens (including phenoxy) is 1. The van der Waals surface area contributed by atoms with Crippen molar-refractivity contribution in [2.45, 2.75) is 33.9 Å². The van der Waals surface area contributed by atoms with Crippen LogP contribution in [0.25, 0.3) is 0 Å². The molecule has 0 bridgehead atoms. The number of hydrogen-bond acceptors (Lipinski definition) is 4. The van der Waals surface area contributed by atoms with E-state index in [0.717, 1.165) is 29.1 Å². The van der Waals surface area contributed by atoms with E-state index >= 15 is 0 Å². The lowest BCUT2D eigenvalue weighted by Gasteiger charge is -2.13. The van der Waals surface area contributed by atoms with Gasteiger partial charge in [-0.2, -0.15) is 5.10 Å². The van der Waals surface area contributed by atoms with Gasteiger partial charge in [-0.3, -0.25) is 4.68 Å². The molecule has 2 heterocycles. The highest BCUT2D eigenvalue weighted by Crippen LogP contribution is 2.24. The van der Waals surface area contributed by atoms with E-state index in [2.05, 4.69) is 25.7 Å². The summed E-state index contributed by atoms with van der Waals surface area (Å²) in [5, 5.41) is 11.1. The maximum atomic E-state index is 13.4. The molecule has 1 aromatic carbocycles. The molecule has 0 aliphatic rings. The quantitative estimate of drug-likeness (QED) is 0.268. The highest BCUT2D eigenvalue weighted by atomic mass is 127. The highest BCUT2D eigenvalue weighted by Gasteiger charge is 2.11. The Bertz CT molecular complexity index is 1040. The lowest BCUT2D eigenvalue weighted by Crippen LogP contribution is -2.37. The summed E-state index contributed by atoms with van der Waals surface area (Å²) in [5.74, 6) is 1.12. The fourth-order valence-electron chi connectivity index (χ4n) is 3.03. The Morgan fingerprint density at radius 3 is 2.68 bits per heavy atom. The first-order valence-corrected chi connectivity index (χ1v) is 9.86. The summed E-state index contributed by atoms with van der Waals surface area (Å²) in [6.07, 6.45) is 1.64. The number of pyridine rings is 1. The summed E-state index contributed by atoms with van der Waals surface area (Å²) in [4.78, 5) is 8.94. The molecule has 166 valence electrons. The molecule has 0 atom stereocenters. The van der Waals surface area contributed by atoms with Gasteiger partial charge in [-0.15, -0.1) is 24.0 Å². The minimum absolute atomic E-state index is 0. The number of rotatable bonds is 7. The minimum atomic E-state index is -0.359. The Hall–Kier alpha value is -2.69. The molecule has 9 heteroatoms. The molecule has 0 saturated heterocycles. The predicted molar refractivity (Wildman–Crippen MR) is 130 cm³/mol. The average molecular weight is 538 g/mol. The third-order valence-electron chi connectivity index (χ3n) is 4.70. The standard InChI is InChI=1S/C22H27FN6O.HI/c1-5-24-22(27-14-20-15(2)28-29(4)16(20)3)26-13-17-8-7-11-25-21(17)30-19-10-6-9-18(23)12-19;/h6-12H,5,13-14H2,1-4H3,(H2,24,26,27);1H. The van der Waals surface area contributed by atoms with Gasteiger partial charge in [0.15, 0.2) is 5.96 Å². The Labute approximate surface area is 199 Å². The molecular formula is C22H28FIN6O. The molecule has 3 rings (SSSR count). The van der Waals surface area contributed by atoms with E-state index in [1.165, 1.54) is 12.1 Å². The number of aromatic nitrogens is 3. The minimum Gasteiger partial charge on any atom is -0.439 e. The first kappa shape index (κ1) is 24.6. The van der Waals surface area contributed by atoms with Crippen molar-refractivity contribution in [2.24, 2.45) is 12.0 Å². The molecule has 0 amide bonds. The normalized spacial score (nSPS) is 11.1. The zero-order chi connectivity index (χ0) is 21.5. The number of guanidine groups is 1. The van der Waals surface area contributed by atoms with Gasteiger partial charge in [0.05, 0.1) is 12.2 Å². The lowest BCUT2D eigenvalue weighted by molar-refractivity contribution is 0.452. The van der Waals surface area contributed by atoms with Crippen LogP contribution in [-0.2, 0) is 20.1 Å². The molecule has 3 aromatic rings. The van der Waals surface area contributed by atoms with Gasteiger partial charge in [-0.05, 0) is 39.0 Å². The van der Waals surface area contributed by atoms with E-state index in [0.29, 0.717) is 30.7 Å².